The van der Waals surface area contributed by atoms with E-state index in [4.69, 9.17) is 0 Å². The summed E-state index contributed by atoms with van der Waals surface area (Å²) in [5.74, 6) is 0.379. The van der Waals surface area contributed by atoms with Crippen molar-refractivity contribution >= 4 is 27.3 Å². The molecule has 32 heavy (non-hydrogen) atoms. The molecule has 1 aliphatic rings. The maximum atomic E-state index is 12.9. The molecule has 1 N–H and O–H groups in total. The van der Waals surface area contributed by atoms with Crippen molar-refractivity contribution in [2.24, 2.45) is 16.4 Å². The highest BCUT2D eigenvalue weighted by atomic mass is 32.2. The average Bonchev–Trinajstić information content (AvgIpc) is 2.77. The molecule has 172 valence electrons. The minimum absolute atomic E-state index is 0.226. The van der Waals surface area contributed by atoms with Gasteiger partial charge in [-0.2, -0.15) is 5.10 Å². The fourth-order valence-corrected chi connectivity index (χ4v) is 5.15. The molecule has 2 aromatic carbocycles. The van der Waals surface area contributed by atoms with Gasteiger partial charge in [0.2, 0.25) is 0 Å². The number of nitrogens with zero attached hydrogens (tertiary/aromatic N) is 2. The summed E-state index contributed by atoms with van der Waals surface area (Å²) in [6.07, 6.45) is 4.00. The number of aryl methyl sites for hydroxylation is 1. The molecule has 1 aliphatic carbocycles. The van der Waals surface area contributed by atoms with Crippen molar-refractivity contribution in [1.82, 2.24) is 5.43 Å². The summed E-state index contributed by atoms with van der Waals surface area (Å²) in [6, 6.07) is 13.2. The molecule has 1 saturated carbocycles. The molecule has 0 unspecified atom stereocenters. The minimum Gasteiger partial charge on any atom is -0.269 e. The van der Waals surface area contributed by atoms with Gasteiger partial charge in [-0.3, -0.25) is 9.10 Å². The fourth-order valence-electron chi connectivity index (χ4n) is 3.95. The number of anilines is 1. The first-order valence-electron chi connectivity index (χ1n) is 11.0. The van der Waals surface area contributed by atoms with Crippen LogP contribution in [0.5, 0.6) is 0 Å². The van der Waals surface area contributed by atoms with Gasteiger partial charge in [0.25, 0.3) is 15.9 Å². The fraction of sp³-hybridized carbons (Fsp3) is 0.440. The first-order chi connectivity index (χ1) is 15.0. The van der Waals surface area contributed by atoms with E-state index in [1.165, 1.54) is 11.4 Å². The second-order valence-corrected chi connectivity index (χ2v) is 11.6. The Morgan fingerprint density at radius 2 is 1.56 bits per heavy atom. The quantitative estimate of drug-likeness (QED) is 0.634. The van der Waals surface area contributed by atoms with Crippen LogP contribution in [0, 0.1) is 18.3 Å². The van der Waals surface area contributed by atoms with Gasteiger partial charge < -0.3 is 0 Å². The van der Waals surface area contributed by atoms with Gasteiger partial charge in [0.15, 0.2) is 0 Å². The number of amides is 1. The van der Waals surface area contributed by atoms with Crippen molar-refractivity contribution in [3.05, 3.63) is 59.7 Å². The van der Waals surface area contributed by atoms with Gasteiger partial charge in [-0.25, -0.2) is 13.8 Å². The number of hydrogen-bond acceptors (Lipinski definition) is 4. The van der Waals surface area contributed by atoms with Crippen molar-refractivity contribution in [3.63, 3.8) is 0 Å². The van der Waals surface area contributed by atoms with Crippen LogP contribution >= 0.6 is 0 Å². The van der Waals surface area contributed by atoms with Crippen LogP contribution in [0.15, 0.2) is 58.5 Å². The number of sulfonamides is 1. The predicted octanol–water partition coefficient (Wildman–Crippen LogP) is 5.14. The maximum absolute atomic E-state index is 12.9. The standard InChI is InChI=1S/C25H33N3O3S/c1-18-6-16-23(17-7-18)32(30,31)28(5)22-14-8-19(9-15-22)24(29)27-26-21-12-10-20(11-13-21)25(2,3)4/h6-9,14-17,20H,10-13H2,1-5H3,(H,27,29). The Morgan fingerprint density at radius 1 is 1.00 bits per heavy atom. The Hall–Kier alpha value is -2.67. The van der Waals surface area contributed by atoms with Crippen LogP contribution in [0.25, 0.3) is 0 Å². The molecular formula is C25H33N3O3S. The molecular weight excluding hydrogens is 422 g/mol. The lowest BCUT2D eigenvalue weighted by Crippen LogP contribution is -2.28. The van der Waals surface area contributed by atoms with Crippen molar-refractivity contribution in [2.45, 2.75) is 58.3 Å². The zero-order valence-corrected chi connectivity index (χ0v) is 20.4. The van der Waals surface area contributed by atoms with E-state index in [2.05, 4.69) is 31.3 Å². The lowest BCUT2D eigenvalue weighted by atomic mass is 9.72. The molecule has 7 heteroatoms. The number of nitrogens with one attached hydrogen (secondary N) is 1. The summed E-state index contributed by atoms with van der Waals surface area (Å²) < 4.78 is 26.9. The Kier molecular flexibility index (Phi) is 7.08. The molecule has 0 atom stereocenters. The van der Waals surface area contributed by atoms with Gasteiger partial charge in [-0.15, -0.1) is 0 Å². The van der Waals surface area contributed by atoms with Crippen LogP contribution in [0.4, 0.5) is 5.69 Å². The largest absolute Gasteiger partial charge is 0.271 e. The number of carbonyl (C=O) groups excluding carboxylic acids is 1. The Labute approximate surface area is 191 Å². The smallest absolute Gasteiger partial charge is 0.269 e. The maximum Gasteiger partial charge on any atom is 0.271 e. The third-order valence-corrected chi connectivity index (χ3v) is 8.08. The molecule has 0 bridgehead atoms. The lowest BCUT2D eigenvalue weighted by Gasteiger charge is -2.34. The normalized spacial score (nSPS) is 17.0. The monoisotopic (exact) mass is 455 g/mol. The molecule has 0 spiro atoms. The van der Waals surface area contributed by atoms with Crippen molar-refractivity contribution in [1.29, 1.82) is 0 Å². The van der Waals surface area contributed by atoms with Gasteiger partial charge in [-0.05, 0) is 80.3 Å². The molecule has 2 aromatic rings. The second-order valence-electron chi connectivity index (χ2n) is 9.59. The van der Waals surface area contributed by atoms with E-state index in [-0.39, 0.29) is 10.8 Å². The van der Waals surface area contributed by atoms with E-state index >= 15 is 0 Å². The summed E-state index contributed by atoms with van der Waals surface area (Å²) in [5.41, 5.74) is 5.89. The summed E-state index contributed by atoms with van der Waals surface area (Å²) >= 11 is 0. The molecule has 1 fully saturated rings. The summed E-state index contributed by atoms with van der Waals surface area (Å²) in [7, 11) is -2.17. The van der Waals surface area contributed by atoms with E-state index in [1.807, 2.05) is 6.92 Å². The van der Waals surface area contributed by atoms with E-state index in [1.54, 1.807) is 48.5 Å². The van der Waals surface area contributed by atoms with Gasteiger partial charge in [0.05, 0.1) is 10.6 Å². The number of hydrogen-bond donors (Lipinski definition) is 1. The Balaban J connectivity index is 1.63. The van der Waals surface area contributed by atoms with Gasteiger partial charge in [-0.1, -0.05) is 38.5 Å². The summed E-state index contributed by atoms with van der Waals surface area (Å²) in [5, 5.41) is 4.33. The molecule has 0 aromatic heterocycles. The molecule has 0 heterocycles. The summed E-state index contributed by atoms with van der Waals surface area (Å²) in [4.78, 5) is 12.7. The molecule has 0 saturated heterocycles. The Bertz CT molecular complexity index is 1070. The van der Waals surface area contributed by atoms with Crippen LogP contribution in [0.1, 0.15) is 62.4 Å². The minimum atomic E-state index is -3.67. The topological polar surface area (TPSA) is 78.8 Å². The van der Waals surface area contributed by atoms with Gasteiger partial charge in [0.1, 0.15) is 0 Å². The lowest BCUT2D eigenvalue weighted by molar-refractivity contribution is 0.0954. The first-order valence-corrected chi connectivity index (χ1v) is 12.4. The van der Waals surface area contributed by atoms with Crippen LogP contribution < -0.4 is 9.73 Å². The SMILES string of the molecule is Cc1ccc(S(=O)(=O)N(C)c2ccc(C(=O)NN=C3CCC(C(C)(C)C)CC3)cc2)cc1. The average molecular weight is 456 g/mol. The van der Waals surface area contributed by atoms with Gasteiger partial charge >= 0.3 is 0 Å². The first kappa shape index (κ1) is 24.0. The third-order valence-electron chi connectivity index (χ3n) is 6.28. The molecule has 1 amide bonds. The number of benzene rings is 2. The van der Waals surface area contributed by atoms with Crippen molar-refractivity contribution in [3.8, 4) is 0 Å². The molecule has 0 aliphatic heterocycles. The van der Waals surface area contributed by atoms with Crippen molar-refractivity contribution in [2.75, 3.05) is 11.4 Å². The highest BCUT2D eigenvalue weighted by Gasteiger charge is 2.28. The van der Waals surface area contributed by atoms with Gasteiger partial charge in [0, 0.05) is 18.3 Å². The zero-order chi connectivity index (χ0) is 23.5. The zero-order valence-electron chi connectivity index (χ0n) is 19.6. The molecule has 0 radical (unpaired) electrons. The van der Waals surface area contributed by atoms with E-state index in [0.29, 0.717) is 22.6 Å². The summed E-state index contributed by atoms with van der Waals surface area (Å²) in [6.45, 7) is 8.73. The molecule has 3 rings (SSSR count). The van der Waals surface area contributed by atoms with Crippen molar-refractivity contribution < 1.29 is 13.2 Å². The predicted molar refractivity (Wildman–Crippen MR) is 130 cm³/mol. The van der Waals surface area contributed by atoms with E-state index in [0.717, 1.165) is 37.0 Å². The molecule has 6 nitrogen and oxygen atoms in total. The highest BCUT2D eigenvalue weighted by Crippen LogP contribution is 2.36. The third kappa shape index (κ3) is 5.57. The highest BCUT2D eigenvalue weighted by molar-refractivity contribution is 7.92. The van der Waals surface area contributed by atoms with Crippen LogP contribution in [0.3, 0.4) is 0 Å². The van der Waals surface area contributed by atoms with Crippen LogP contribution in [-0.2, 0) is 10.0 Å². The number of rotatable bonds is 5. The van der Waals surface area contributed by atoms with E-state index in [9.17, 15) is 13.2 Å². The van der Waals surface area contributed by atoms with Crippen LogP contribution in [-0.4, -0.2) is 27.1 Å². The number of carbonyl (C=O) groups is 1. The van der Waals surface area contributed by atoms with Crippen LogP contribution in [0.2, 0.25) is 0 Å². The number of hydrazone groups is 1. The van der Waals surface area contributed by atoms with E-state index < -0.39 is 10.0 Å². The Morgan fingerprint density at radius 3 is 2.09 bits per heavy atom. The second kappa shape index (κ2) is 9.45.